The first-order valence-corrected chi connectivity index (χ1v) is 17.2. The summed E-state index contributed by atoms with van der Waals surface area (Å²) in [6, 6.07) is 4.82. The maximum absolute atomic E-state index is 13.5. The number of ether oxygens (including phenoxy) is 3. The van der Waals surface area contributed by atoms with Gasteiger partial charge >= 0.3 is 6.61 Å². The van der Waals surface area contributed by atoms with Crippen molar-refractivity contribution in [2.75, 3.05) is 13.2 Å². The van der Waals surface area contributed by atoms with Gasteiger partial charge in [0.2, 0.25) is 11.8 Å². The number of aryl methyl sites for hydroxylation is 2. The van der Waals surface area contributed by atoms with Gasteiger partial charge in [-0.25, -0.2) is 9.67 Å². The van der Waals surface area contributed by atoms with Crippen molar-refractivity contribution < 1.29 is 23.0 Å². The van der Waals surface area contributed by atoms with E-state index in [1.807, 2.05) is 21.4 Å². The SMILES string of the molecule is Cn1cc(-c2c(-c3c(C4CC4)nn4c3OCCC4)n(COCC[Si](C)(C)C)c3ncccc23)c(OC(F)F)n1. The Kier molecular flexibility index (Phi) is 6.70. The molecule has 4 aromatic rings. The van der Waals surface area contributed by atoms with Crippen molar-refractivity contribution in [1.82, 2.24) is 29.1 Å². The maximum Gasteiger partial charge on any atom is 0.388 e. The number of nitrogens with zero attached hydrogens (tertiary/aromatic N) is 6. The normalized spacial score (nSPS) is 15.7. The van der Waals surface area contributed by atoms with Gasteiger partial charge in [0.25, 0.3) is 0 Å². The van der Waals surface area contributed by atoms with Crippen LogP contribution in [0.4, 0.5) is 8.78 Å². The van der Waals surface area contributed by atoms with Crippen molar-refractivity contribution in [3.8, 4) is 34.1 Å². The van der Waals surface area contributed by atoms with Crippen LogP contribution in [0.15, 0.2) is 24.5 Å². The first kappa shape index (κ1) is 26.0. The lowest BCUT2D eigenvalue weighted by Gasteiger charge is -2.19. The second kappa shape index (κ2) is 10.1. The molecule has 12 heteroatoms. The lowest BCUT2D eigenvalue weighted by atomic mass is 9.99. The van der Waals surface area contributed by atoms with Crippen LogP contribution in [0.3, 0.4) is 0 Å². The Morgan fingerprint density at radius 2 is 2.00 bits per heavy atom. The summed E-state index contributed by atoms with van der Waals surface area (Å²) in [5, 5.41) is 10.0. The molecule has 0 bridgehead atoms. The Labute approximate surface area is 226 Å². The number of aromatic nitrogens is 6. The molecule has 5 heterocycles. The van der Waals surface area contributed by atoms with E-state index >= 15 is 0 Å². The van der Waals surface area contributed by atoms with Crippen LogP contribution in [-0.2, 0) is 25.1 Å². The van der Waals surface area contributed by atoms with Gasteiger partial charge in [-0.1, -0.05) is 19.6 Å². The number of alkyl halides is 2. The molecule has 1 fully saturated rings. The highest BCUT2D eigenvalue weighted by Crippen LogP contribution is 2.52. The van der Waals surface area contributed by atoms with E-state index in [9.17, 15) is 8.78 Å². The van der Waals surface area contributed by atoms with Crippen molar-refractivity contribution in [3.63, 3.8) is 0 Å². The summed E-state index contributed by atoms with van der Waals surface area (Å²) in [7, 11) is 0.393. The van der Waals surface area contributed by atoms with Gasteiger partial charge in [-0.05, 0) is 31.0 Å². The van der Waals surface area contributed by atoms with Crippen molar-refractivity contribution in [3.05, 3.63) is 30.2 Å². The predicted octanol–water partition coefficient (Wildman–Crippen LogP) is 5.87. The third kappa shape index (κ3) is 5.07. The van der Waals surface area contributed by atoms with Crippen LogP contribution in [-0.4, -0.2) is 57.0 Å². The van der Waals surface area contributed by atoms with Gasteiger partial charge < -0.3 is 18.8 Å². The predicted molar refractivity (Wildman–Crippen MR) is 146 cm³/mol. The third-order valence-corrected chi connectivity index (χ3v) is 8.89. The summed E-state index contributed by atoms with van der Waals surface area (Å²) < 4.78 is 49.9. The first-order valence-electron chi connectivity index (χ1n) is 13.5. The Hall–Kier alpha value is -3.25. The molecule has 0 unspecified atom stereocenters. The molecule has 0 N–H and O–H groups in total. The molecule has 9 nitrogen and oxygen atoms in total. The van der Waals surface area contributed by atoms with Crippen LogP contribution >= 0.6 is 0 Å². The molecule has 4 aromatic heterocycles. The fourth-order valence-electron chi connectivity index (χ4n) is 5.19. The molecule has 0 atom stereocenters. The van der Waals surface area contributed by atoms with Gasteiger partial charge in [-0.3, -0.25) is 4.68 Å². The number of rotatable bonds is 10. The van der Waals surface area contributed by atoms with Gasteiger partial charge in [-0.15, -0.1) is 5.10 Å². The summed E-state index contributed by atoms with van der Waals surface area (Å²) in [5.41, 5.74) is 4.51. The van der Waals surface area contributed by atoms with Crippen LogP contribution in [0.2, 0.25) is 25.7 Å². The summed E-state index contributed by atoms with van der Waals surface area (Å²) in [6.07, 6.45) is 6.44. The standard InChI is InChI=1S/C27H34F2N6O3Si/c1-33-15-19(25(32-33)38-27(28)29)20-18-7-5-10-30-24(18)34(16-36-13-14-39(2,3)4)23(20)21-22(17-8-9-17)31-35-11-6-12-37-26(21)35/h5,7,10,15,17,27H,6,8-9,11-14,16H2,1-4H3. The minimum atomic E-state index is -3.01. The molecule has 2 aliphatic rings. The van der Waals surface area contributed by atoms with Gasteiger partial charge in [0.15, 0.2) is 0 Å². The van der Waals surface area contributed by atoms with Crippen LogP contribution in [0.5, 0.6) is 11.8 Å². The zero-order valence-corrected chi connectivity index (χ0v) is 23.8. The van der Waals surface area contributed by atoms with E-state index in [0.29, 0.717) is 41.8 Å². The average molecular weight is 557 g/mol. The zero-order valence-electron chi connectivity index (χ0n) is 22.8. The summed E-state index contributed by atoms with van der Waals surface area (Å²) in [6.45, 7) is 6.19. The Bertz CT molecular complexity index is 1500. The fourth-order valence-corrected chi connectivity index (χ4v) is 5.95. The molecular weight excluding hydrogens is 522 g/mol. The van der Waals surface area contributed by atoms with Crippen molar-refractivity contribution >= 4 is 19.1 Å². The van der Waals surface area contributed by atoms with Gasteiger partial charge in [0.05, 0.1) is 29.1 Å². The molecule has 0 amide bonds. The van der Waals surface area contributed by atoms with E-state index in [2.05, 4.69) is 24.7 Å². The molecule has 39 heavy (non-hydrogen) atoms. The summed E-state index contributed by atoms with van der Waals surface area (Å²) >= 11 is 0. The van der Waals surface area contributed by atoms with Gasteiger partial charge in [0.1, 0.15) is 12.4 Å². The smallest absolute Gasteiger partial charge is 0.388 e. The van der Waals surface area contributed by atoms with Gasteiger partial charge in [-0.2, -0.15) is 13.9 Å². The molecule has 0 spiro atoms. The minimum Gasteiger partial charge on any atom is -0.477 e. The third-order valence-electron chi connectivity index (χ3n) is 7.19. The topological polar surface area (TPSA) is 81.2 Å². The molecule has 6 rings (SSSR count). The first-order chi connectivity index (χ1) is 18.7. The van der Waals surface area contributed by atoms with Crippen LogP contribution in [0.1, 0.15) is 30.9 Å². The number of pyridine rings is 1. The highest BCUT2D eigenvalue weighted by atomic mass is 28.3. The van der Waals surface area contributed by atoms with Gasteiger partial charge in [0, 0.05) is 64.0 Å². The van der Waals surface area contributed by atoms with Crippen LogP contribution in [0, 0.1) is 0 Å². The van der Waals surface area contributed by atoms with Crippen LogP contribution < -0.4 is 9.47 Å². The van der Waals surface area contributed by atoms with E-state index in [1.165, 1.54) is 4.68 Å². The number of hydrogen-bond acceptors (Lipinski definition) is 6. The Morgan fingerprint density at radius 3 is 2.74 bits per heavy atom. The Morgan fingerprint density at radius 1 is 1.18 bits per heavy atom. The largest absolute Gasteiger partial charge is 0.477 e. The second-order valence-corrected chi connectivity index (χ2v) is 17.2. The molecule has 0 saturated heterocycles. The highest BCUT2D eigenvalue weighted by Gasteiger charge is 2.38. The lowest BCUT2D eigenvalue weighted by Crippen LogP contribution is -2.22. The zero-order chi connectivity index (χ0) is 27.3. The van der Waals surface area contributed by atoms with E-state index in [0.717, 1.165) is 54.2 Å². The Balaban J connectivity index is 1.60. The number of fused-ring (bicyclic) bond motifs is 2. The van der Waals surface area contributed by atoms with E-state index in [4.69, 9.17) is 24.3 Å². The van der Waals surface area contributed by atoms with E-state index < -0.39 is 14.7 Å². The van der Waals surface area contributed by atoms with Crippen molar-refractivity contribution in [2.45, 2.75) is 70.8 Å². The molecule has 1 saturated carbocycles. The molecule has 1 aliphatic carbocycles. The molecule has 0 radical (unpaired) electrons. The summed E-state index contributed by atoms with van der Waals surface area (Å²) in [4.78, 5) is 4.73. The molecule has 208 valence electrons. The molecular formula is C27H34F2N6O3Si. The van der Waals surface area contributed by atoms with Crippen LogP contribution in [0.25, 0.3) is 33.4 Å². The van der Waals surface area contributed by atoms with E-state index in [-0.39, 0.29) is 12.6 Å². The van der Waals surface area contributed by atoms with Crippen molar-refractivity contribution in [2.24, 2.45) is 7.05 Å². The molecule has 1 aliphatic heterocycles. The second-order valence-electron chi connectivity index (χ2n) is 11.5. The number of hydrogen-bond donors (Lipinski definition) is 0. The fraction of sp³-hybridized carbons (Fsp3) is 0.519. The summed E-state index contributed by atoms with van der Waals surface area (Å²) in [5.74, 6) is 0.898. The maximum atomic E-state index is 13.5. The monoisotopic (exact) mass is 556 g/mol. The average Bonchev–Trinajstić information content (AvgIpc) is 3.46. The quantitative estimate of drug-likeness (QED) is 0.179. The minimum absolute atomic E-state index is 0.133. The van der Waals surface area contributed by atoms with Crippen molar-refractivity contribution in [1.29, 1.82) is 0 Å². The lowest BCUT2D eigenvalue weighted by molar-refractivity contribution is -0.0527. The van der Waals surface area contributed by atoms with E-state index in [1.54, 1.807) is 19.4 Å². The molecule has 0 aromatic carbocycles. The number of halogens is 2. The highest BCUT2D eigenvalue weighted by molar-refractivity contribution is 6.76.